The van der Waals surface area contributed by atoms with E-state index < -0.39 is 11.6 Å². The molecule has 192 valence electrons. The Labute approximate surface area is 212 Å². The number of fused-ring (bicyclic) bond motifs is 3. The fraction of sp³-hybridized carbons (Fsp3) is 0.345. The number of amides is 1. The molecule has 0 radical (unpaired) electrons. The zero-order chi connectivity index (χ0) is 26.3. The first-order chi connectivity index (χ1) is 17.7. The number of hydrogen-bond acceptors (Lipinski definition) is 5. The Kier molecular flexibility index (Phi) is 6.58. The van der Waals surface area contributed by atoms with Crippen LogP contribution in [0, 0.1) is 31.5 Å². The van der Waals surface area contributed by atoms with E-state index in [1.807, 2.05) is 6.92 Å². The zero-order valence-electron chi connectivity index (χ0n) is 20.7. The summed E-state index contributed by atoms with van der Waals surface area (Å²) >= 11 is 0. The maximum absolute atomic E-state index is 13.5. The molecule has 2 aromatic heterocycles. The normalized spacial score (nSPS) is 17.8. The van der Waals surface area contributed by atoms with Gasteiger partial charge in [0.15, 0.2) is 0 Å². The Morgan fingerprint density at radius 1 is 1.08 bits per heavy atom. The van der Waals surface area contributed by atoms with Crippen LogP contribution in [0.1, 0.15) is 42.4 Å². The van der Waals surface area contributed by atoms with Gasteiger partial charge >= 0.3 is 11.6 Å². The summed E-state index contributed by atoms with van der Waals surface area (Å²) in [6.07, 6.45) is 4.21. The molecule has 2 N–H and O–H groups in total. The molecule has 5 rings (SSSR count). The number of carboxylic acids is 1. The number of aryl methyl sites for hydroxylation is 2. The van der Waals surface area contributed by atoms with Gasteiger partial charge in [-0.15, -0.1) is 0 Å². The quantitative estimate of drug-likeness (QED) is 0.334. The molecule has 0 bridgehead atoms. The summed E-state index contributed by atoms with van der Waals surface area (Å²) in [6, 6.07) is 7.94. The van der Waals surface area contributed by atoms with Crippen molar-refractivity contribution < 1.29 is 27.9 Å². The van der Waals surface area contributed by atoms with Crippen molar-refractivity contribution in [2.75, 3.05) is 6.54 Å². The minimum atomic E-state index is -0.758. The Hall–Kier alpha value is -3.94. The Morgan fingerprint density at radius 2 is 1.78 bits per heavy atom. The van der Waals surface area contributed by atoms with Gasteiger partial charge in [0.1, 0.15) is 17.0 Å². The third-order valence-electron chi connectivity index (χ3n) is 7.56. The Bertz CT molecular complexity index is 1560. The van der Waals surface area contributed by atoms with Crippen LogP contribution in [0.5, 0.6) is 0 Å². The molecule has 37 heavy (non-hydrogen) atoms. The molecule has 1 aliphatic carbocycles. The summed E-state index contributed by atoms with van der Waals surface area (Å²) in [5.74, 6) is -1.45. The first-order valence-electron chi connectivity index (χ1n) is 12.5. The van der Waals surface area contributed by atoms with Crippen molar-refractivity contribution in [2.24, 2.45) is 11.8 Å². The molecule has 0 aliphatic heterocycles. The van der Waals surface area contributed by atoms with Crippen LogP contribution >= 0.6 is 0 Å². The van der Waals surface area contributed by atoms with Crippen molar-refractivity contribution >= 4 is 33.8 Å². The number of carbonyl (C=O) groups is 2. The van der Waals surface area contributed by atoms with Crippen LogP contribution in [-0.2, 0) is 16.0 Å². The molecule has 2 heterocycles. The average molecular weight is 506 g/mol. The van der Waals surface area contributed by atoms with E-state index in [0.29, 0.717) is 41.5 Å². The van der Waals surface area contributed by atoms with Crippen molar-refractivity contribution in [3.05, 3.63) is 69.5 Å². The van der Waals surface area contributed by atoms with E-state index in [0.717, 1.165) is 34.9 Å². The summed E-state index contributed by atoms with van der Waals surface area (Å²) in [4.78, 5) is 36.7. The molecule has 0 saturated heterocycles. The van der Waals surface area contributed by atoms with Crippen LogP contribution in [0.2, 0.25) is 0 Å². The van der Waals surface area contributed by atoms with Gasteiger partial charge in [-0.3, -0.25) is 9.59 Å². The van der Waals surface area contributed by atoms with E-state index in [9.17, 15) is 18.8 Å². The Balaban J connectivity index is 1.42. The highest BCUT2D eigenvalue weighted by atomic mass is 19.1. The van der Waals surface area contributed by atoms with Crippen LogP contribution in [0.25, 0.3) is 33.1 Å². The third-order valence-corrected chi connectivity index (χ3v) is 7.56. The number of halogens is 1. The molecule has 7 nitrogen and oxygen atoms in total. The number of furan rings is 1. The van der Waals surface area contributed by atoms with Gasteiger partial charge in [0.2, 0.25) is 5.91 Å². The first kappa shape index (κ1) is 24.7. The average Bonchev–Trinajstić information content (AvgIpc) is 3.31. The van der Waals surface area contributed by atoms with Gasteiger partial charge in [-0.1, -0.05) is 12.1 Å². The lowest BCUT2D eigenvalue weighted by molar-refractivity contribution is -0.143. The lowest BCUT2D eigenvalue weighted by atomic mass is 9.82. The molecule has 1 fully saturated rings. The monoisotopic (exact) mass is 505 g/mol. The van der Waals surface area contributed by atoms with Crippen molar-refractivity contribution in [2.45, 2.75) is 46.0 Å². The zero-order valence-corrected chi connectivity index (χ0v) is 20.7. The van der Waals surface area contributed by atoms with Gasteiger partial charge in [-0.25, -0.2) is 9.18 Å². The number of nitrogens with one attached hydrogen (secondary N) is 1. The number of hydrogen-bond donors (Lipinski definition) is 2. The highest BCUT2D eigenvalue weighted by molar-refractivity contribution is 6.11. The van der Waals surface area contributed by atoms with Gasteiger partial charge in [0, 0.05) is 17.5 Å². The molecule has 0 spiro atoms. The standard InChI is InChI=1S/C29H28FNO6/c1-15-11-23-26(27-25(15)22(14-36-27)18-7-9-20(30)10-8-18)16(2)21(29(35)37-23)12-24(32)31-13-17-3-5-19(6-4-17)28(33)34/h7-11,14,17,19H,3-6,12-13H2,1-2H3,(H,31,32)(H,33,34). The largest absolute Gasteiger partial charge is 0.481 e. The fourth-order valence-corrected chi connectivity index (χ4v) is 5.43. The van der Waals surface area contributed by atoms with E-state index in [-0.39, 0.29) is 35.5 Å². The molecule has 1 saturated carbocycles. The second kappa shape index (κ2) is 9.84. The van der Waals surface area contributed by atoms with Crippen molar-refractivity contribution in [3.63, 3.8) is 0 Å². The summed E-state index contributed by atoms with van der Waals surface area (Å²) < 4.78 is 25.0. The van der Waals surface area contributed by atoms with Gasteiger partial charge in [0.25, 0.3) is 0 Å². The molecule has 8 heteroatoms. The number of aliphatic carboxylic acids is 1. The Morgan fingerprint density at radius 3 is 2.46 bits per heavy atom. The predicted molar refractivity (Wildman–Crippen MR) is 137 cm³/mol. The summed E-state index contributed by atoms with van der Waals surface area (Å²) in [5, 5.41) is 13.5. The molecule has 0 atom stereocenters. The van der Waals surface area contributed by atoms with Crippen molar-refractivity contribution in [1.82, 2.24) is 5.32 Å². The van der Waals surface area contributed by atoms with Gasteiger partial charge in [0.05, 0.1) is 29.6 Å². The molecule has 2 aromatic carbocycles. The van der Waals surface area contributed by atoms with Gasteiger partial charge in [-0.05, 0) is 80.3 Å². The van der Waals surface area contributed by atoms with Crippen LogP contribution < -0.4 is 10.9 Å². The van der Waals surface area contributed by atoms with Crippen molar-refractivity contribution in [1.29, 1.82) is 0 Å². The number of rotatable bonds is 6. The number of benzene rings is 2. The minimum Gasteiger partial charge on any atom is -0.481 e. The summed E-state index contributed by atoms with van der Waals surface area (Å²) in [5.41, 5.74) is 3.70. The maximum Gasteiger partial charge on any atom is 0.340 e. The second-order valence-corrected chi connectivity index (χ2v) is 9.96. The SMILES string of the molecule is Cc1cc2oc(=O)c(CC(=O)NCC3CCC(C(=O)O)CC3)c(C)c2c2occ(-c3ccc(F)cc3)c12. The van der Waals surface area contributed by atoms with Crippen LogP contribution in [0.15, 0.2) is 50.2 Å². The summed E-state index contributed by atoms with van der Waals surface area (Å²) in [7, 11) is 0. The molecular weight excluding hydrogens is 477 g/mol. The van der Waals surface area contributed by atoms with Crippen molar-refractivity contribution in [3.8, 4) is 11.1 Å². The maximum atomic E-state index is 13.5. The number of carbonyl (C=O) groups excluding carboxylic acids is 1. The molecule has 1 amide bonds. The number of carboxylic acid groups (broad SMARTS) is 1. The molecular formula is C29H28FNO6. The second-order valence-electron chi connectivity index (χ2n) is 9.96. The first-order valence-corrected chi connectivity index (χ1v) is 12.5. The highest BCUT2D eigenvalue weighted by Gasteiger charge is 2.26. The minimum absolute atomic E-state index is 0.129. The van der Waals surface area contributed by atoms with E-state index in [2.05, 4.69) is 5.32 Å². The third kappa shape index (κ3) is 4.75. The lowest BCUT2D eigenvalue weighted by Gasteiger charge is -2.26. The fourth-order valence-electron chi connectivity index (χ4n) is 5.43. The van der Waals surface area contributed by atoms with Gasteiger partial charge in [-0.2, -0.15) is 0 Å². The molecule has 4 aromatic rings. The topological polar surface area (TPSA) is 110 Å². The lowest BCUT2D eigenvalue weighted by Crippen LogP contribution is -2.34. The van der Waals surface area contributed by atoms with E-state index >= 15 is 0 Å². The van der Waals surface area contributed by atoms with Crippen LogP contribution in [-0.4, -0.2) is 23.5 Å². The predicted octanol–water partition coefficient (Wildman–Crippen LogP) is 5.51. The smallest absolute Gasteiger partial charge is 0.340 e. The highest BCUT2D eigenvalue weighted by Crippen LogP contribution is 2.39. The van der Waals surface area contributed by atoms with Crippen LogP contribution in [0.4, 0.5) is 4.39 Å². The van der Waals surface area contributed by atoms with Gasteiger partial charge < -0.3 is 19.3 Å². The summed E-state index contributed by atoms with van der Waals surface area (Å²) in [6.45, 7) is 4.13. The van der Waals surface area contributed by atoms with E-state index in [1.165, 1.54) is 12.1 Å². The van der Waals surface area contributed by atoms with Crippen LogP contribution in [0.3, 0.4) is 0 Å². The molecule has 0 unspecified atom stereocenters. The van der Waals surface area contributed by atoms with E-state index in [4.69, 9.17) is 13.9 Å². The van der Waals surface area contributed by atoms with E-state index in [1.54, 1.807) is 31.4 Å². The molecule has 1 aliphatic rings.